The molecule has 4 heteroatoms. The lowest BCUT2D eigenvalue weighted by molar-refractivity contribution is 0.0697. The van der Waals surface area contributed by atoms with Crippen molar-refractivity contribution < 1.29 is 14.3 Å². The molecule has 0 radical (unpaired) electrons. The minimum Gasteiger partial charge on any atom is -0.478 e. The van der Waals surface area contributed by atoms with Crippen LogP contribution in [0.4, 0.5) is 10.1 Å². The Kier molecular flexibility index (Phi) is 3.80. The molecule has 0 saturated carbocycles. The fraction of sp³-hybridized carbons (Fsp3) is 0.133. The maximum absolute atomic E-state index is 13.4. The van der Waals surface area contributed by atoms with E-state index in [1.54, 1.807) is 31.2 Å². The summed E-state index contributed by atoms with van der Waals surface area (Å²) in [6.45, 7) is 2.15. The lowest BCUT2D eigenvalue weighted by Crippen LogP contribution is -2.02. The molecule has 2 rings (SSSR count). The lowest BCUT2D eigenvalue weighted by Gasteiger charge is -2.08. The van der Waals surface area contributed by atoms with E-state index in [2.05, 4.69) is 5.32 Å². The van der Waals surface area contributed by atoms with Crippen molar-refractivity contribution in [1.29, 1.82) is 0 Å². The molecule has 2 N–H and O–H groups in total. The summed E-state index contributed by atoms with van der Waals surface area (Å²) in [6.07, 6.45) is 0. The number of nitrogens with one attached hydrogen (secondary N) is 1. The number of hydrogen-bond donors (Lipinski definition) is 2. The van der Waals surface area contributed by atoms with Crippen LogP contribution in [-0.2, 0) is 6.54 Å². The summed E-state index contributed by atoms with van der Waals surface area (Å²) in [5, 5.41) is 12.0. The highest BCUT2D eigenvalue weighted by molar-refractivity contribution is 5.87. The number of carbonyl (C=O) groups is 1. The standard InChI is InChI=1S/C15H14FNO2/c1-10-5-6-13(8-14(10)16)17-9-11-3-2-4-12(7-11)15(18)19/h2-8,17H,9H2,1H3,(H,18,19). The average molecular weight is 259 g/mol. The summed E-state index contributed by atoms with van der Waals surface area (Å²) in [6, 6.07) is 11.6. The van der Waals surface area contributed by atoms with Gasteiger partial charge in [0, 0.05) is 12.2 Å². The molecule has 0 spiro atoms. The topological polar surface area (TPSA) is 49.3 Å². The smallest absolute Gasteiger partial charge is 0.335 e. The fourth-order valence-corrected chi connectivity index (χ4v) is 1.72. The van der Waals surface area contributed by atoms with E-state index in [4.69, 9.17) is 5.11 Å². The molecular weight excluding hydrogens is 245 g/mol. The highest BCUT2D eigenvalue weighted by atomic mass is 19.1. The zero-order valence-corrected chi connectivity index (χ0v) is 10.5. The number of halogens is 1. The summed E-state index contributed by atoms with van der Waals surface area (Å²) in [5.41, 5.74) is 2.34. The molecule has 0 unspecified atom stereocenters. The van der Waals surface area contributed by atoms with Crippen LogP contribution in [0.25, 0.3) is 0 Å². The molecular formula is C15H14FNO2. The molecule has 0 aromatic heterocycles. The average Bonchev–Trinajstić information content (AvgIpc) is 2.40. The van der Waals surface area contributed by atoms with Crippen molar-refractivity contribution >= 4 is 11.7 Å². The largest absolute Gasteiger partial charge is 0.478 e. The van der Waals surface area contributed by atoms with Gasteiger partial charge in [0.1, 0.15) is 5.82 Å². The molecule has 0 bridgehead atoms. The Morgan fingerprint density at radius 1 is 1.26 bits per heavy atom. The van der Waals surface area contributed by atoms with Crippen LogP contribution in [0.1, 0.15) is 21.5 Å². The minimum absolute atomic E-state index is 0.245. The number of carboxylic acids is 1. The second kappa shape index (κ2) is 5.52. The van der Waals surface area contributed by atoms with Gasteiger partial charge in [-0.2, -0.15) is 0 Å². The SMILES string of the molecule is Cc1ccc(NCc2cccc(C(=O)O)c2)cc1F. The Hall–Kier alpha value is -2.36. The van der Waals surface area contributed by atoms with Crippen LogP contribution >= 0.6 is 0 Å². The lowest BCUT2D eigenvalue weighted by atomic mass is 10.1. The van der Waals surface area contributed by atoms with Gasteiger partial charge >= 0.3 is 5.97 Å². The van der Waals surface area contributed by atoms with Crippen LogP contribution in [0.2, 0.25) is 0 Å². The van der Waals surface area contributed by atoms with Gasteiger partial charge in [-0.15, -0.1) is 0 Å². The Bertz CT molecular complexity index is 611. The molecule has 19 heavy (non-hydrogen) atoms. The summed E-state index contributed by atoms with van der Waals surface area (Å²) in [7, 11) is 0. The van der Waals surface area contributed by atoms with Gasteiger partial charge in [0.15, 0.2) is 0 Å². The molecule has 0 aliphatic carbocycles. The molecule has 0 atom stereocenters. The van der Waals surface area contributed by atoms with Crippen molar-refractivity contribution in [2.24, 2.45) is 0 Å². The second-order valence-electron chi connectivity index (χ2n) is 4.32. The molecule has 3 nitrogen and oxygen atoms in total. The summed E-state index contributed by atoms with van der Waals surface area (Å²) >= 11 is 0. The molecule has 0 aliphatic heterocycles. The number of benzene rings is 2. The van der Waals surface area contributed by atoms with E-state index >= 15 is 0 Å². The van der Waals surface area contributed by atoms with Crippen LogP contribution < -0.4 is 5.32 Å². The normalized spacial score (nSPS) is 10.2. The third kappa shape index (κ3) is 3.31. The van der Waals surface area contributed by atoms with Crippen molar-refractivity contribution in [3.05, 3.63) is 65.0 Å². The van der Waals surface area contributed by atoms with Gasteiger partial charge in [0.25, 0.3) is 0 Å². The predicted molar refractivity (Wildman–Crippen MR) is 71.9 cm³/mol. The van der Waals surface area contributed by atoms with Crippen LogP contribution in [0, 0.1) is 12.7 Å². The highest BCUT2D eigenvalue weighted by Crippen LogP contribution is 2.15. The third-order valence-electron chi connectivity index (χ3n) is 2.84. The number of rotatable bonds is 4. The molecule has 0 aliphatic rings. The van der Waals surface area contributed by atoms with Gasteiger partial charge in [-0.3, -0.25) is 0 Å². The summed E-state index contributed by atoms with van der Waals surface area (Å²) < 4.78 is 13.4. The Labute approximate surface area is 110 Å². The van der Waals surface area contributed by atoms with Crippen LogP contribution in [0.5, 0.6) is 0 Å². The van der Waals surface area contributed by atoms with Crippen molar-refractivity contribution in [1.82, 2.24) is 0 Å². The zero-order chi connectivity index (χ0) is 13.8. The maximum atomic E-state index is 13.4. The van der Waals surface area contributed by atoms with Gasteiger partial charge < -0.3 is 10.4 Å². The van der Waals surface area contributed by atoms with E-state index in [1.165, 1.54) is 12.1 Å². The van der Waals surface area contributed by atoms with Crippen molar-refractivity contribution in [2.45, 2.75) is 13.5 Å². The number of anilines is 1. The Morgan fingerprint density at radius 2 is 2.05 bits per heavy atom. The predicted octanol–water partition coefficient (Wildman–Crippen LogP) is 3.44. The van der Waals surface area contributed by atoms with Gasteiger partial charge in [0.05, 0.1) is 5.56 Å². The number of hydrogen-bond acceptors (Lipinski definition) is 2. The van der Waals surface area contributed by atoms with E-state index in [0.717, 1.165) is 5.56 Å². The molecule has 2 aromatic rings. The van der Waals surface area contributed by atoms with Crippen molar-refractivity contribution in [2.75, 3.05) is 5.32 Å². The van der Waals surface area contributed by atoms with E-state index in [-0.39, 0.29) is 11.4 Å². The number of aryl methyl sites for hydroxylation is 1. The molecule has 0 fully saturated rings. The molecule has 2 aromatic carbocycles. The van der Waals surface area contributed by atoms with Crippen LogP contribution in [0.15, 0.2) is 42.5 Å². The zero-order valence-electron chi connectivity index (χ0n) is 10.5. The second-order valence-corrected chi connectivity index (χ2v) is 4.32. The van der Waals surface area contributed by atoms with E-state index in [0.29, 0.717) is 17.8 Å². The van der Waals surface area contributed by atoms with Crippen molar-refractivity contribution in [3.8, 4) is 0 Å². The molecule has 98 valence electrons. The van der Waals surface area contributed by atoms with E-state index in [1.807, 2.05) is 6.07 Å². The monoisotopic (exact) mass is 259 g/mol. The quantitative estimate of drug-likeness (QED) is 0.884. The third-order valence-corrected chi connectivity index (χ3v) is 2.84. The van der Waals surface area contributed by atoms with E-state index in [9.17, 15) is 9.18 Å². The van der Waals surface area contributed by atoms with Gasteiger partial charge in [0.2, 0.25) is 0 Å². The van der Waals surface area contributed by atoms with Gasteiger partial charge in [-0.25, -0.2) is 9.18 Å². The van der Waals surface area contributed by atoms with Crippen LogP contribution in [0.3, 0.4) is 0 Å². The van der Waals surface area contributed by atoms with Gasteiger partial charge in [-0.1, -0.05) is 18.2 Å². The fourth-order valence-electron chi connectivity index (χ4n) is 1.72. The first-order chi connectivity index (χ1) is 9.06. The first-order valence-corrected chi connectivity index (χ1v) is 5.88. The van der Waals surface area contributed by atoms with E-state index < -0.39 is 5.97 Å². The highest BCUT2D eigenvalue weighted by Gasteiger charge is 2.03. The Balaban J connectivity index is 2.07. The first kappa shape index (κ1) is 13.1. The molecule has 0 amide bonds. The van der Waals surface area contributed by atoms with Gasteiger partial charge in [-0.05, 0) is 42.3 Å². The first-order valence-electron chi connectivity index (χ1n) is 5.88. The Morgan fingerprint density at radius 3 is 2.74 bits per heavy atom. The maximum Gasteiger partial charge on any atom is 0.335 e. The summed E-state index contributed by atoms with van der Waals surface area (Å²) in [4.78, 5) is 10.8. The number of aromatic carboxylic acids is 1. The summed E-state index contributed by atoms with van der Waals surface area (Å²) in [5.74, 6) is -1.22. The molecule has 0 saturated heterocycles. The molecule has 0 heterocycles. The number of carboxylic acid groups (broad SMARTS) is 1. The van der Waals surface area contributed by atoms with Crippen LogP contribution in [-0.4, -0.2) is 11.1 Å². The van der Waals surface area contributed by atoms with Crippen molar-refractivity contribution in [3.63, 3.8) is 0 Å². The minimum atomic E-state index is -0.955.